The molecule has 3 rings (SSSR count). The molecule has 2 aromatic carbocycles. The first kappa shape index (κ1) is 22.5. The van der Waals surface area contributed by atoms with E-state index in [4.69, 9.17) is 23.1 Å². The Morgan fingerprint density at radius 2 is 1.97 bits per heavy atom. The van der Waals surface area contributed by atoms with Crippen LogP contribution in [0.25, 0.3) is 0 Å². The molecule has 0 heterocycles. The number of nitrogens with one attached hydrogen (secondary N) is 3. The van der Waals surface area contributed by atoms with Gasteiger partial charge in [0.05, 0.1) is 11.1 Å². The second-order valence-corrected chi connectivity index (χ2v) is 7.73. The van der Waals surface area contributed by atoms with Crippen LogP contribution in [0.4, 0.5) is 10.1 Å². The molecule has 2 aromatic rings. The van der Waals surface area contributed by atoms with Crippen molar-refractivity contribution in [2.45, 2.75) is 19.0 Å². The molecular formula is C21H24ClFN6O2. The number of amides is 2. The number of fused-ring (bicyclic) bond motifs is 1. The number of aliphatic imine (C=N–C) groups is 1. The summed E-state index contributed by atoms with van der Waals surface area (Å²) < 4.78 is 13.6. The second-order valence-electron chi connectivity index (χ2n) is 7.33. The highest BCUT2D eigenvalue weighted by atomic mass is 35.5. The van der Waals surface area contributed by atoms with Crippen LogP contribution in [0.5, 0.6) is 0 Å². The molecule has 0 bridgehead atoms. The maximum Gasteiger partial charge on any atom is 0.313 e. The van der Waals surface area contributed by atoms with E-state index in [-0.39, 0.29) is 22.6 Å². The van der Waals surface area contributed by atoms with Crippen LogP contribution >= 0.6 is 11.6 Å². The minimum absolute atomic E-state index is 0.0422. The van der Waals surface area contributed by atoms with Crippen molar-refractivity contribution < 1.29 is 14.0 Å². The fourth-order valence-electron chi connectivity index (χ4n) is 3.64. The van der Waals surface area contributed by atoms with Gasteiger partial charge >= 0.3 is 11.8 Å². The number of halogens is 2. The van der Waals surface area contributed by atoms with Crippen molar-refractivity contribution >= 4 is 35.1 Å². The first-order chi connectivity index (χ1) is 14.8. The molecule has 0 radical (unpaired) electrons. The van der Waals surface area contributed by atoms with Crippen molar-refractivity contribution in [3.8, 4) is 0 Å². The molecule has 31 heavy (non-hydrogen) atoms. The van der Waals surface area contributed by atoms with E-state index in [1.165, 1.54) is 12.1 Å². The zero-order chi connectivity index (χ0) is 22.5. The number of anilines is 1. The highest BCUT2D eigenvalue weighted by Crippen LogP contribution is 2.37. The summed E-state index contributed by atoms with van der Waals surface area (Å²) in [5, 5.41) is 8.17. The van der Waals surface area contributed by atoms with Gasteiger partial charge in [-0.1, -0.05) is 29.8 Å². The van der Waals surface area contributed by atoms with E-state index in [2.05, 4.69) is 20.9 Å². The van der Waals surface area contributed by atoms with E-state index >= 15 is 0 Å². The number of nitrogens with zero attached hydrogens (tertiary/aromatic N) is 1. The average Bonchev–Trinajstić information content (AvgIpc) is 3.06. The van der Waals surface area contributed by atoms with Gasteiger partial charge in [-0.05, 0) is 48.4 Å². The summed E-state index contributed by atoms with van der Waals surface area (Å²) in [6.07, 6.45) is 0.654. The third kappa shape index (κ3) is 5.50. The number of hydrogen-bond acceptors (Lipinski definition) is 4. The summed E-state index contributed by atoms with van der Waals surface area (Å²) in [5.74, 6) is -2.62. The van der Waals surface area contributed by atoms with E-state index in [1.54, 1.807) is 0 Å². The van der Waals surface area contributed by atoms with Gasteiger partial charge in [0, 0.05) is 24.7 Å². The number of benzene rings is 2. The monoisotopic (exact) mass is 446 g/mol. The van der Waals surface area contributed by atoms with E-state index < -0.39 is 23.7 Å². The van der Waals surface area contributed by atoms with E-state index in [1.807, 2.05) is 25.2 Å². The molecule has 0 aliphatic heterocycles. The van der Waals surface area contributed by atoms with Gasteiger partial charge in [0.2, 0.25) is 0 Å². The normalized spacial score (nSPS) is 17.0. The molecule has 0 saturated heterocycles. The number of rotatable bonds is 6. The van der Waals surface area contributed by atoms with Crippen LogP contribution in [0.1, 0.15) is 22.7 Å². The fourth-order valence-corrected chi connectivity index (χ4v) is 3.76. The predicted octanol–water partition coefficient (Wildman–Crippen LogP) is 1.44. The van der Waals surface area contributed by atoms with Crippen LogP contribution in [0.3, 0.4) is 0 Å². The number of carbonyl (C=O) groups is 2. The molecular weight excluding hydrogens is 423 g/mol. The van der Waals surface area contributed by atoms with Gasteiger partial charge in [-0.15, -0.1) is 0 Å². The zero-order valence-electron chi connectivity index (χ0n) is 16.9. The Kier molecular flexibility index (Phi) is 7.09. The van der Waals surface area contributed by atoms with Crippen LogP contribution in [0.2, 0.25) is 5.02 Å². The predicted molar refractivity (Wildman–Crippen MR) is 118 cm³/mol. The van der Waals surface area contributed by atoms with E-state index in [0.717, 1.165) is 22.8 Å². The maximum atomic E-state index is 13.6. The zero-order valence-corrected chi connectivity index (χ0v) is 17.7. The van der Waals surface area contributed by atoms with Crippen LogP contribution in [-0.4, -0.2) is 31.4 Å². The summed E-state index contributed by atoms with van der Waals surface area (Å²) >= 11 is 5.64. The van der Waals surface area contributed by atoms with Crippen LogP contribution in [0.15, 0.2) is 41.4 Å². The SMILES string of the molecule is CNCc1ccc2c(c1)C(NC(=O)C(=O)Nc1ccc(Cl)c(F)c1)C(CN=C(N)N)C2. The molecule has 1 aliphatic rings. The van der Waals surface area contributed by atoms with Crippen LogP contribution < -0.4 is 27.4 Å². The van der Waals surface area contributed by atoms with Gasteiger partial charge in [0.15, 0.2) is 5.96 Å². The first-order valence-corrected chi connectivity index (χ1v) is 10.0. The lowest BCUT2D eigenvalue weighted by atomic mass is 9.99. The fraction of sp³-hybridized carbons (Fsp3) is 0.286. The molecule has 0 aromatic heterocycles. The Hall–Kier alpha value is -3.17. The van der Waals surface area contributed by atoms with Gasteiger partial charge in [-0.25, -0.2) is 4.39 Å². The standard InChI is InChI=1S/C21H24ClFN6O2/c1-26-9-11-2-3-12-7-13(10-27-21(24)25)18(15(12)6-11)29-20(31)19(30)28-14-4-5-16(22)17(23)8-14/h2-6,8,13,18,26H,7,9-10H2,1H3,(H,28,30)(H,29,31)(H4,24,25,27). The van der Waals surface area contributed by atoms with Crippen molar-refractivity contribution in [3.63, 3.8) is 0 Å². The first-order valence-electron chi connectivity index (χ1n) is 9.67. The van der Waals surface area contributed by atoms with E-state index in [0.29, 0.717) is 19.5 Å². The minimum atomic E-state index is -0.915. The summed E-state index contributed by atoms with van der Waals surface area (Å²) in [4.78, 5) is 29.1. The summed E-state index contributed by atoms with van der Waals surface area (Å²) in [6, 6.07) is 9.32. The van der Waals surface area contributed by atoms with Gasteiger partial charge in [0.1, 0.15) is 5.82 Å². The maximum absolute atomic E-state index is 13.6. The van der Waals surface area contributed by atoms with Gasteiger partial charge < -0.3 is 27.4 Å². The van der Waals surface area contributed by atoms with E-state index in [9.17, 15) is 14.0 Å². The minimum Gasteiger partial charge on any atom is -0.370 e. The Bertz CT molecular complexity index is 1020. The summed E-state index contributed by atoms with van der Waals surface area (Å²) in [7, 11) is 1.85. The highest BCUT2D eigenvalue weighted by molar-refractivity contribution is 6.39. The topological polar surface area (TPSA) is 135 Å². The molecule has 164 valence electrons. The van der Waals surface area contributed by atoms with Crippen molar-refractivity contribution in [1.29, 1.82) is 0 Å². The lowest BCUT2D eigenvalue weighted by molar-refractivity contribution is -0.136. The van der Waals surface area contributed by atoms with Crippen molar-refractivity contribution in [3.05, 3.63) is 63.9 Å². The van der Waals surface area contributed by atoms with Gasteiger partial charge in [-0.2, -0.15) is 0 Å². The lowest BCUT2D eigenvalue weighted by Crippen LogP contribution is -2.40. The summed E-state index contributed by atoms with van der Waals surface area (Å²) in [5.41, 5.74) is 14.1. The van der Waals surface area contributed by atoms with Crippen LogP contribution in [-0.2, 0) is 22.6 Å². The molecule has 0 fully saturated rings. The Labute approximate surface area is 184 Å². The molecule has 2 unspecified atom stereocenters. The van der Waals surface area contributed by atoms with Gasteiger partial charge in [0.25, 0.3) is 0 Å². The van der Waals surface area contributed by atoms with Crippen molar-refractivity contribution in [2.24, 2.45) is 22.4 Å². The third-order valence-electron chi connectivity index (χ3n) is 5.06. The van der Waals surface area contributed by atoms with Crippen molar-refractivity contribution in [1.82, 2.24) is 10.6 Å². The van der Waals surface area contributed by atoms with Crippen LogP contribution in [0, 0.1) is 11.7 Å². The average molecular weight is 447 g/mol. The number of carbonyl (C=O) groups excluding carboxylic acids is 2. The molecule has 8 nitrogen and oxygen atoms in total. The quantitative estimate of drug-likeness (QED) is 0.260. The molecule has 10 heteroatoms. The number of hydrogen-bond donors (Lipinski definition) is 5. The molecule has 0 spiro atoms. The molecule has 7 N–H and O–H groups in total. The summed E-state index contributed by atoms with van der Waals surface area (Å²) in [6.45, 7) is 0.961. The Morgan fingerprint density at radius 3 is 2.65 bits per heavy atom. The molecule has 2 amide bonds. The lowest BCUT2D eigenvalue weighted by Gasteiger charge is -2.21. The van der Waals surface area contributed by atoms with Crippen molar-refractivity contribution in [2.75, 3.05) is 18.9 Å². The number of guanidine groups is 1. The molecule has 2 atom stereocenters. The number of nitrogens with two attached hydrogens (primary N) is 2. The Morgan fingerprint density at radius 1 is 1.19 bits per heavy atom. The third-order valence-corrected chi connectivity index (χ3v) is 5.36. The second kappa shape index (κ2) is 9.76. The molecule has 1 aliphatic carbocycles. The molecule has 0 saturated carbocycles. The van der Waals surface area contributed by atoms with Gasteiger partial charge in [-0.3, -0.25) is 14.6 Å². The smallest absolute Gasteiger partial charge is 0.313 e. The Balaban J connectivity index is 1.79. The largest absolute Gasteiger partial charge is 0.370 e. The highest BCUT2D eigenvalue weighted by Gasteiger charge is 2.35.